The maximum atomic E-state index is 12.1. The van der Waals surface area contributed by atoms with Gasteiger partial charge in [0, 0.05) is 25.7 Å². The maximum absolute atomic E-state index is 12.1. The molecule has 0 bridgehead atoms. The van der Waals surface area contributed by atoms with E-state index in [4.69, 9.17) is 5.11 Å². The number of nitrogens with zero attached hydrogens (tertiary/aromatic N) is 2. The summed E-state index contributed by atoms with van der Waals surface area (Å²) in [7, 11) is 2.05. The number of hydrogen-bond donors (Lipinski definition) is 2. The molecule has 6 nitrogen and oxygen atoms in total. The summed E-state index contributed by atoms with van der Waals surface area (Å²) in [6, 6.07) is 0.0922. The van der Waals surface area contributed by atoms with E-state index < -0.39 is 11.9 Å². The van der Waals surface area contributed by atoms with Gasteiger partial charge in [-0.1, -0.05) is 12.2 Å². The molecule has 1 saturated heterocycles. The number of likely N-dealkylation sites (N-methyl/N-ethyl adjacent to an activating group) is 1. The third kappa shape index (κ3) is 3.26. The van der Waals surface area contributed by atoms with Gasteiger partial charge in [-0.15, -0.1) is 0 Å². The van der Waals surface area contributed by atoms with E-state index in [1.165, 1.54) is 0 Å². The Morgan fingerprint density at radius 2 is 2.05 bits per heavy atom. The highest BCUT2D eigenvalue weighted by atomic mass is 16.4. The number of carboxylic acids is 1. The predicted octanol–water partition coefficient (Wildman–Crippen LogP) is 0.361. The molecule has 1 heterocycles. The lowest BCUT2D eigenvalue weighted by molar-refractivity contribution is -0.140. The summed E-state index contributed by atoms with van der Waals surface area (Å²) in [4.78, 5) is 27.0. The van der Waals surface area contributed by atoms with Crippen LogP contribution >= 0.6 is 0 Å². The second-order valence-corrected chi connectivity index (χ2v) is 5.40. The predicted molar refractivity (Wildman–Crippen MR) is 70.9 cm³/mol. The molecule has 2 N–H and O–H groups in total. The zero-order valence-corrected chi connectivity index (χ0v) is 11.4. The third-order valence-corrected chi connectivity index (χ3v) is 3.96. The van der Waals surface area contributed by atoms with E-state index in [0.717, 1.165) is 6.54 Å². The van der Waals surface area contributed by atoms with E-state index >= 15 is 0 Å². The Morgan fingerprint density at radius 3 is 2.63 bits per heavy atom. The molecule has 3 unspecified atom stereocenters. The Kier molecular flexibility index (Phi) is 4.09. The van der Waals surface area contributed by atoms with Crippen molar-refractivity contribution in [3.63, 3.8) is 0 Å². The van der Waals surface area contributed by atoms with Crippen LogP contribution in [0.2, 0.25) is 0 Å². The molecule has 1 fully saturated rings. The molecule has 3 atom stereocenters. The Morgan fingerprint density at radius 1 is 1.32 bits per heavy atom. The summed E-state index contributed by atoms with van der Waals surface area (Å²) in [6.07, 6.45) is 3.88. The molecule has 1 aliphatic heterocycles. The van der Waals surface area contributed by atoms with Gasteiger partial charge in [0.2, 0.25) is 0 Å². The number of aliphatic carboxylic acids is 1. The molecule has 0 radical (unpaired) electrons. The van der Waals surface area contributed by atoms with Crippen LogP contribution in [-0.2, 0) is 4.79 Å². The first kappa shape index (κ1) is 13.9. The average Bonchev–Trinajstić information content (AvgIpc) is 2.81. The first-order valence-corrected chi connectivity index (χ1v) is 6.64. The summed E-state index contributed by atoms with van der Waals surface area (Å²) in [5.41, 5.74) is 0. The molecule has 6 heteroatoms. The highest BCUT2D eigenvalue weighted by Crippen LogP contribution is 2.18. The maximum Gasteiger partial charge on any atom is 0.317 e. The minimum absolute atomic E-state index is 0.0966. The van der Waals surface area contributed by atoms with Crippen molar-refractivity contribution in [1.82, 2.24) is 15.1 Å². The van der Waals surface area contributed by atoms with Gasteiger partial charge in [-0.05, 0) is 20.4 Å². The number of piperazine rings is 1. The Labute approximate surface area is 113 Å². The molecule has 0 aromatic rings. The lowest BCUT2D eigenvalue weighted by atomic mass is 10.1. The van der Waals surface area contributed by atoms with Crippen LogP contribution < -0.4 is 5.32 Å². The van der Waals surface area contributed by atoms with Gasteiger partial charge in [0.15, 0.2) is 0 Å². The van der Waals surface area contributed by atoms with E-state index in [2.05, 4.69) is 24.2 Å². The van der Waals surface area contributed by atoms with Crippen molar-refractivity contribution in [2.45, 2.75) is 25.4 Å². The van der Waals surface area contributed by atoms with Gasteiger partial charge in [-0.2, -0.15) is 0 Å². The van der Waals surface area contributed by atoms with Gasteiger partial charge in [-0.25, -0.2) is 4.79 Å². The Hall–Kier alpha value is -1.56. The number of carboxylic acid groups (broad SMARTS) is 1. The number of urea groups is 1. The number of amides is 2. The van der Waals surface area contributed by atoms with Gasteiger partial charge in [0.1, 0.15) is 0 Å². The van der Waals surface area contributed by atoms with E-state index in [1.54, 1.807) is 17.1 Å². The molecule has 2 rings (SSSR count). The summed E-state index contributed by atoms with van der Waals surface area (Å²) < 4.78 is 0. The van der Waals surface area contributed by atoms with Crippen molar-refractivity contribution in [1.29, 1.82) is 0 Å². The molecule has 106 valence electrons. The van der Waals surface area contributed by atoms with Crippen molar-refractivity contribution in [2.75, 3.05) is 26.7 Å². The van der Waals surface area contributed by atoms with E-state index in [1.807, 2.05) is 0 Å². The number of nitrogens with one attached hydrogen (secondary N) is 1. The topological polar surface area (TPSA) is 72.9 Å². The Balaban J connectivity index is 1.82. The summed E-state index contributed by atoms with van der Waals surface area (Å²) in [5.74, 6) is -1.31. The fourth-order valence-electron chi connectivity index (χ4n) is 2.47. The first-order chi connectivity index (χ1) is 8.97. The molecular formula is C13H21N3O3. The van der Waals surface area contributed by atoms with Crippen LogP contribution in [0, 0.1) is 5.92 Å². The summed E-state index contributed by atoms with van der Waals surface area (Å²) in [5, 5.41) is 11.8. The van der Waals surface area contributed by atoms with Gasteiger partial charge >= 0.3 is 12.0 Å². The zero-order chi connectivity index (χ0) is 14.0. The minimum Gasteiger partial charge on any atom is -0.481 e. The smallest absolute Gasteiger partial charge is 0.317 e. The molecule has 19 heavy (non-hydrogen) atoms. The van der Waals surface area contributed by atoms with Crippen LogP contribution in [0.15, 0.2) is 12.2 Å². The molecule has 0 saturated carbocycles. The van der Waals surface area contributed by atoms with E-state index in [9.17, 15) is 9.59 Å². The third-order valence-electron chi connectivity index (χ3n) is 3.96. The van der Waals surface area contributed by atoms with Crippen molar-refractivity contribution >= 4 is 12.0 Å². The monoisotopic (exact) mass is 267 g/mol. The van der Waals surface area contributed by atoms with Crippen LogP contribution in [0.1, 0.15) is 13.3 Å². The fourth-order valence-corrected chi connectivity index (χ4v) is 2.47. The highest BCUT2D eigenvalue weighted by Gasteiger charge is 2.29. The van der Waals surface area contributed by atoms with Crippen LogP contribution in [-0.4, -0.2) is 65.7 Å². The first-order valence-electron chi connectivity index (χ1n) is 6.64. The standard InChI is InChI=1S/C13H21N3O3/c1-9-8-16(6-5-15(9)2)13(19)14-11-4-3-10(7-11)12(17)18/h3-4,9-11H,5-8H2,1-2H3,(H,14,19)(H,17,18). The SMILES string of the molecule is CC1CN(C(=O)NC2C=CC(C(=O)O)C2)CCN1C. The molecule has 2 amide bonds. The number of carbonyl (C=O) groups excluding carboxylic acids is 1. The van der Waals surface area contributed by atoms with Gasteiger partial charge < -0.3 is 20.2 Å². The second kappa shape index (κ2) is 5.61. The van der Waals surface area contributed by atoms with Crippen molar-refractivity contribution in [3.8, 4) is 0 Å². The van der Waals surface area contributed by atoms with Crippen molar-refractivity contribution < 1.29 is 14.7 Å². The van der Waals surface area contributed by atoms with E-state index in [0.29, 0.717) is 25.6 Å². The van der Waals surface area contributed by atoms with Crippen LogP contribution in [0.25, 0.3) is 0 Å². The van der Waals surface area contributed by atoms with Gasteiger partial charge in [-0.3, -0.25) is 4.79 Å². The molecule has 0 aromatic carbocycles. The Bertz CT molecular complexity index is 397. The quantitative estimate of drug-likeness (QED) is 0.709. The zero-order valence-electron chi connectivity index (χ0n) is 11.4. The molecule has 1 aliphatic carbocycles. The van der Waals surface area contributed by atoms with Crippen molar-refractivity contribution in [3.05, 3.63) is 12.2 Å². The van der Waals surface area contributed by atoms with E-state index in [-0.39, 0.29) is 12.1 Å². The molecule has 0 aromatic heterocycles. The molecular weight excluding hydrogens is 246 g/mol. The van der Waals surface area contributed by atoms with Crippen LogP contribution in [0.3, 0.4) is 0 Å². The normalized spacial score (nSPS) is 31.5. The van der Waals surface area contributed by atoms with Gasteiger partial charge in [0.05, 0.1) is 12.0 Å². The minimum atomic E-state index is -0.832. The number of carbonyl (C=O) groups is 2. The highest BCUT2D eigenvalue weighted by molar-refractivity contribution is 5.76. The largest absolute Gasteiger partial charge is 0.481 e. The van der Waals surface area contributed by atoms with Crippen LogP contribution in [0.4, 0.5) is 4.79 Å². The summed E-state index contributed by atoms with van der Waals surface area (Å²) in [6.45, 7) is 4.38. The van der Waals surface area contributed by atoms with Gasteiger partial charge in [0.25, 0.3) is 0 Å². The molecule has 2 aliphatic rings. The second-order valence-electron chi connectivity index (χ2n) is 5.40. The fraction of sp³-hybridized carbons (Fsp3) is 0.692. The number of rotatable bonds is 2. The summed E-state index contributed by atoms with van der Waals surface area (Å²) >= 11 is 0. The lowest BCUT2D eigenvalue weighted by Gasteiger charge is -2.38. The van der Waals surface area contributed by atoms with Crippen molar-refractivity contribution in [2.24, 2.45) is 5.92 Å². The van der Waals surface area contributed by atoms with Crippen LogP contribution in [0.5, 0.6) is 0 Å². The number of hydrogen-bond acceptors (Lipinski definition) is 3. The average molecular weight is 267 g/mol. The molecule has 0 spiro atoms. The lowest BCUT2D eigenvalue weighted by Crippen LogP contribution is -2.55.